The average molecular weight is 257 g/mol. The predicted octanol–water partition coefficient (Wildman–Crippen LogP) is 2.48. The van der Waals surface area contributed by atoms with E-state index in [4.69, 9.17) is 0 Å². The maximum absolute atomic E-state index is 9.67. The van der Waals surface area contributed by atoms with Gasteiger partial charge < -0.3 is 10.4 Å². The standard InChI is InChI=1S/C12H19NOS2/c1-10-12(9-14,5-3-7-15-10)13-8-11-4-2-6-16-11/h2,4,6,10,13-14H,3,5,7-9H2,1H3. The molecule has 90 valence electrons. The Balaban J connectivity index is 1.98. The van der Waals surface area contributed by atoms with E-state index in [9.17, 15) is 5.11 Å². The molecular weight excluding hydrogens is 238 g/mol. The molecule has 1 saturated heterocycles. The number of aliphatic hydroxyl groups is 1. The van der Waals surface area contributed by atoms with Crippen LogP contribution in [0.15, 0.2) is 17.5 Å². The number of thioether (sulfide) groups is 1. The summed E-state index contributed by atoms with van der Waals surface area (Å²) < 4.78 is 0. The summed E-state index contributed by atoms with van der Waals surface area (Å²) in [5.41, 5.74) is -0.0765. The molecule has 2 atom stereocenters. The monoisotopic (exact) mass is 257 g/mol. The minimum Gasteiger partial charge on any atom is -0.394 e. The van der Waals surface area contributed by atoms with Gasteiger partial charge in [-0.1, -0.05) is 13.0 Å². The zero-order valence-electron chi connectivity index (χ0n) is 9.61. The summed E-state index contributed by atoms with van der Waals surface area (Å²) >= 11 is 3.74. The highest BCUT2D eigenvalue weighted by Crippen LogP contribution is 2.34. The Labute approximate surface area is 105 Å². The van der Waals surface area contributed by atoms with Crippen molar-refractivity contribution in [1.82, 2.24) is 5.32 Å². The fourth-order valence-electron chi connectivity index (χ4n) is 2.18. The van der Waals surface area contributed by atoms with E-state index in [0.29, 0.717) is 5.25 Å². The lowest BCUT2D eigenvalue weighted by Gasteiger charge is -2.41. The lowest BCUT2D eigenvalue weighted by Crippen LogP contribution is -2.56. The molecule has 2 rings (SSSR count). The van der Waals surface area contributed by atoms with E-state index >= 15 is 0 Å². The summed E-state index contributed by atoms with van der Waals surface area (Å²) in [6.07, 6.45) is 2.29. The molecule has 1 aromatic rings. The van der Waals surface area contributed by atoms with Crippen LogP contribution in [0.1, 0.15) is 24.6 Å². The van der Waals surface area contributed by atoms with Crippen LogP contribution >= 0.6 is 23.1 Å². The molecule has 0 radical (unpaired) electrons. The van der Waals surface area contributed by atoms with Crippen molar-refractivity contribution in [3.63, 3.8) is 0 Å². The van der Waals surface area contributed by atoms with Gasteiger partial charge in [-0.2, -0.15) is 11.8 Å². The molecular formula is C12H19NOS2. The minimum atomic E-state index is -0.0765. The molecule has 2 unspecified atom stereocenters. The number of hydrogen-bond donors (Lipinski definition) is 2. The Bertz CT molecular complexity index is 315. The summed E-state index contributed by atoms with van der Waals surface area (Å²) in [6.45, 7) is 3.34. The van der Waals surface area contributed by atoms with Crippen molar-refractivity contribution in [2.45, 2.75) is 37.1 Å². The molecule has 1 aliphatic heterocycles. The van der Waals surface area contributed by atoms with E-state index in [2.05, 4.69) is 29.8 Å². The third-order valence-corrected chi connectivity index (χ3v) is 5.74. The lowest BCUT2D eigenvalue weighted by atomic mass is 9.90. The SMILES string of the molecule is CC1SCCCC1(CO)NCc1cccs1. The second kappa shape index (κ2) is 5.54. The van der Waals surface area contributed by atoms with E-state index < -0.39 is 0 Å². The van der Waals surface area contributed by atoms with Crippen LogP contribution < -0.4 is 5.32 Å². The van der Waals surface area contributed by atoms with Crippen LogP contribution in [0.3, 0.4) is 0 Å². The summed E-state index contributed by atoms with van der Waals surface area (Å²) in [4.78, 5) is 1.34. The predicted molar refractivity (Wildman–Crippen MR) is 72.1 cm³/mol. The van der Waals surface area contributed by atoms with Crippen LogP contribution in [0.5, 0.6) is 0 Å². The molecule has 0 aromatic carbocycles. The van der Waals surface area contributed by atoms with Gasteiger partial charge >= 0.3 is 0 Å². The van der Waals surface area contributed by atoms with Crippen molar-refractivity contribution < 1.29 is 5.11 Å². The van der Waals surface area contributed by atoms with Crippen LogP contribution in [0.25, 0.3) is 0 Å². The van der Waals surface area contributed by atoms with E-state index in [0.717, 1.165) is 13.0 Å². The van der Waals surface area contributed by atoms with E-state index in [-0.39, 0.29) is 12.1 Å². The molecule has 2 N–H and O–H groups in total. The lowest BCUT2D eigenvalue weighted by molar-refractivity contribution is 0.146. The molecule has 16 heavy (non-hydrogen) atoms. The van der Waals surface area contributed by atoms with E-state index in [1.54, 1.807) is 11.3 Å². The maximum Gasteiger partial charge on any atom is 0.0624 e. The maximum atomic E-state index is 9.67. The molecule has 1 aliphatic rings. The van der Waals surface area contributed by atoms with Crippen molar-refractivity contribution in [3.8, 4) is 0 Å². The van der Waals surface area contributed by atoms with Gasteiger partial charge in [0.2, 0.25) is 0 Å². The highest BCUT2D eigenvalue weighted by Gasteiger charge is 2.37. The first-order valence-electron chi connectivity index (χ1n) is 5.77. The third kappa shape index (κ3) is 2.62. The molecule has 1 fully saturated rings. The van der Waals surface area contributed by atoms with Gasteiger partial charge in [0.15, 0.2) is 0 Å². The van der Waals surface area contributed by atoms with Gasteiger partial charge in [-0.05, 0) is 30.0 Å². The quantitative estimate of drug-likeness (QED) is 0.869. The number of aliphatic hydroxyl groups excluding tert-OH is 1. The number of nitrogens with one attached hydrogen (secondary N) is 1. The molecule has 2 nitrogen and oxygen atoms in total. The molecule has 0 spiro atoms. The average Bonchev–Trinajstić information content (AvgIpc) is 2.82. The topological polar surface area (TPSA) is 32.3 Å². The first-order chi connectivity index (χ1) is 7.77. The Hall–Kier alpha value is -0.0300. The molecule has 4 heteroatoms. The Morgan fingerprint density at radius 1 is 1.62 bits per heavy atom. The molecule has 2 heterocycles. The summed E-state index contributed by atoms with van der Waals surface area (Å²) in [5, 5.41) is 15.8. The molecule has 0 aliphatic carbocycles. The minimum absolute atomic E-state index is 0.0765. The van der Waals surface area contributed by atoms with Crippen molar-refractivity contribution >= 4 is 23.1 Å². The van der Waals surface area contributed by atoms with Crippen LogP contribution in [0, 0.1) is 0 Å². The molecule has 1 aromatic heterocycles. The van der Waals surface area contributed by atoms with Crippen LogP contribution in [0.4, 0.5) is 0 Å². The van der Waals surface area contributed by atoms with Crippen molar-refractivity contribution in [3.05, 3.63) is 22.4 Å². The van der Waals surface area contributed by atoms with Crippen molar-refractivity contribution in [2.75, 3.05) is 12.4 Å². The molecule has 0 bridgehead atoms. The zero-order chi connectivity index (χ0) is 11.4. The van der Waals surface area contributed by atoms with Gasteiger partial charge in [0.25, 0.3) is 0 Å². The second-order valence-electron chi connectivity index (χ2n) is 4.36. The van der Waals surface area contributed by atoms with Gasteiger partial charge in [0, 0.05) is 16.7 Å². The van der Waals surface area contributed by atoms with Gasteiger partial charge in [0.05, 0.1) is 12.1 Å². The molecule has 0 saturated carbocycles. The van der Waals surface area contributed by atoms with E-state index in [1.807, 2.05) is 11.8 Å². The second-order valence-corrected chi connectivity index (χ2v) is 6.84. The first kappa shape index (κ1) is 12.4. The largest absolute Gasteiger partial charge is 0.394 e. The van der Waals surface area contributed by atoms with Gasteiger partial charge in [-0.15, -0.1) is 11.3 Å². The highest BCUT2D eigenvalue weighted by molar-refractivity contribution is 8.00. The summed E-state index contributed by atoms with van der Waals surface area (Å²) in [7, 11) is 0. The van der Waals surface area contributed by atoms with Crippen LogP contribution in [-0.4, -0.2) is 28.3 Å². The summed E-state index contributed by atoms with van der Waals surface area (Å²) in [6, 6.07) is 4.22. The van der Waals surface area contributed by atoms with Gasteiger partial charge in [0.1, 0.15) is 0 Å². The van der Waals surface area contributed by atoms with E-state index in [1.165, 1.54) is 17.1 Å². The fraction of sp³-hybridized carbons (Fsp3) is 0.667. The smallest absolute Gasteiger partial charge is 0.0624 e. The van der Waals surface area contributed by atoms with Crippen molar-refractivity contribution in [1.29, 1.82) is 0 Å². The zero-order valence-corrected chi connectivity index (χ0v) is 11.2. The van der Waals surface area contributed by atoms with Crippen LogP contribution in [-0.2, 0) is 6.54 Å². The van der Waals surface area contributed by atoms with Crippen molar-refractivity contribution in [2.24, 2.45) is 0 Å². The Morgan fingerprint density at radius 3 is 3.12 bits per heavy atom. The third-order valence-electron chi connectivity index (χ3n) is 3.39. The number of hydrogen-bond acceptors (Lipinski definition) is 4. The summed E-state index contributed by atoms with van der Waals surface area (Å²) in [5.74, 6) is 1.23. The number of rotatable bonds is 4. The fourth-order valence-corrected chi connectivity index (χ4v) is 4.09. The normalized spacial score (nSPS) is 30.5. The highest BCUT2D eigenvalue weighted by atomic mass is 32.2. The number of thiophene rings is 1. The Morgan fingerprint density at radius 2 is 2.50 bits per heavy atom. The van der Waals surface area contributed by atoms with Gasteiger partial charge in [-0.25, -0.2) is 0 Å². The van der Waals surface area contributed by atoms with Gasteiger partial charge in [-0.3, -0.25) is 0 Å². The Kier molecular flexibility index (Phi) is 4.30. The first-order valence-corrected chi connectivity index (χ1v) is 7.69. The molecule has 0 amide bonds. The van der Waals surface area contributed by atoms with Crippen LogP contribution in [0.2, 0.25) is 0 Å².